The Kier molecular flexibility index (Phi) is 4.13. The molecule has 0 fully saturated rings. The maximum Gasteiger partial charge on any atom is 0.255 e. The molecule has 5 nitrogen and oxygen atoms in total. The molecule has 3 aromatic rings. The number of carbonyl (C=O) groups is 1. The van der Waals surface area contributed by atoms with Crippen molar-refractivity contribution in [2.45, 2.75) is 39.3 Å². The van der Waals surface area contributed by atoms with Crippen molar-refractivity contribution in [2.24, 2.45) is 0 Å². The van der Waals surface area contributed by atoms with Crippen LogP contribution in [0.5, 0.6) is 0 Å². The van der Waals surface area contributed by atoms with E-state index in [0.717, 1.165) is 11.3 Å². The number of aromatic nitrogens is 2. The minimum atomic E-state index is -0.348. The zero-order valence-electron chi connectivity index (χ0n) is 15.7. The second-order valence-electron chi connectivity index (χ2n) is 7.87. The quantitative estimate of drug-likeness (QED) is 0.681. The van der Waals surface area contributed by atoms with Crippen molar-refractivity contribution >= 4 is 5.91 Å². The van der Waals surface area contributed by atoms with E-state index in [9.17, 15) is 9.18 Å². The summed E-state index contributed by atoms with van der Waals surface area (Å²) in [5.41, 5.74) is 2.23. The van der Waals surface area contributed by atoms with E-state index >= 15 is 0 Å². The molecule has 0 saturated carbocycles. The topological polar surface area (TPSA) is 51.3 Å². The van der Waals surface area contributed by atoms with Gasteiger partial charge in [0.25, 0.3) is 5.91 Å². The van der Waals surface area contributed by atoms with Crippen molar-refractivity contribution in [1.82, 2.24) is 14.6 Å². The van der Waals surface area contributed by atoms with E-state index in [4.69, 9.17) is 4.52 Å². The van der Waals surface area contributed by atoms with Crippen LogP contribution < -0.4 is 0 Å². The van der Waals surface area contributed by atoms with Crippen LogP contribution in [0.25, 0.3) is 11.3 Å². The average molecular weight is 367 g/mol. The lowest BCUT2D eigenvalue weighted by Gasteiger charge is -2.26. The lowest BCUT2D eigenvalue weighted by Crippen LogP contribution is -2.35. The molecular formula is C21H22FN3O2. The van der Waals surface area contributed by atoms with Crippen LogP contribution in [0, 0.1) is 5.82 Å². The zero-order chi connectivity index (χ0) is 19.2. The number of benzene rings is 1. The van der Waals surface area contributed by atoms with Gasteiger partial charge in [0.1, 0.15) is 17.3 Å². The summed E-state index contributed by atoms with van der Waals surface area (Å²) in [6, 6.07) is 8.32. The number of hydrogen-bond donors (Lipinski definition) is 0. The van der Waals surface area contributed by atoms with E-state index in [-0.39, 0.29) is 17.3 Å². The van der Waals surface area contributed by atoms with E-state index in [1.165, 1.54) is 6.07 Å². The normalized spacial score (nSPS) is 14.3. The van der Waals surface area contributed by atoms with E-state index < -0.39 is 0 Å². The second kappa shape index (κ2) is 6.37. The molecule has 1 amide bonds. The number of hydrogen-bond acceptors (Lipinski definition) is 3. The predicted octanol–water partition coefficient (Wildman–Crippen LogP) is 4.24. The third-order valence-corrected chi connectivity index (χ3v) is 4.96. The van der Waals surface area contributed by atoms with Gasteiger partial charge in [0.15, 0.2) is 0 Å². The molecule has 27 heavy (non-hydrogen) atoms. The van der Waals surface area contributed by atoms with Gasteiger partial charge in [-0.3, -0.25) is 4.79 Å². The molecule has 0 saturated heterocycles. The number of fused-ring (bicyclic) bond motifs is 1. The monoisotopic (exact) mass is 367 g/mol. The van der Waals surface area contributed by atoms with Crippen molar-refractivity contribution < 1.29 is 13.7 Å². The Balaban J connectivity index is 1.62. The zero-order valence-corrected chi connectivity index (χ0v) is 15.7. The molecule has 1 aliphatic rings. The van der Waals surface area contributed by atoms with Crippen molar-refractivity contribution in [3.8, 4) is 11.3 Å². The largest absolute Gasteiger partial charge is 0.360 e. The molecule has 0 N–H and O–H groups in total. The van der Waals surface area contributed by atoms with Gasteiger partial charge in [-0.15, -0.1) is 0 Å². The van der Waals surface area contributed by atoms with E-state index in [1.807, 2.05) is 23.0 Å². The van der Waals surface area contributed by atoms with Gasteiger partial charge < -0.3 is 14.0 Å². The van der Waals surface area contributed by atoms with Crippen LogP contribution in [0.1, 0.15) is 42.5 Å². The van der Waals surface area contributed by atoms with Crippen molar-refractivity contribution in [3.05, 3.63) is 65.4 Å². The molecule has 0 bridgehead atoms. The number of rotatable bonds is 2. The Morgan fingerprint density at radius 2 is 2.00 bits per heavy atom. The maximum atomic E-state index is 14.2. The molecule has 0 spiro atoms. The van der Waals surface area contributed by atoms with Crippen molar-refractivity contribution in [2.75, 3.05) is 6.54 Å². The highest BCUT2D eigenvalue weighted by molar-refractivity contribution is 5.94. The highest BCUT2D eigenvalue weighted by Gasteiger charge is 2.29. The van der Waals surface area contributed by atoms with E-state index in [2.05, 4.69) is 25.9 Å². The molecule has 3 heterocycles. The van der Waals surface area contributed by atoms with Gasteiger partial charge in [0.05, 0.1) is 12.1 Å². The standard InChI is InChI=1S/C21H22FN3O2/c1-21(2,3)25-11-8-14(12-25)20(26)24-10-9-18-16(13-24)19(23-27-18)15-6-4-5-7-17(15)22/h4-8,11-12H,9-10,13H2,1-3H3. The molecule has 0 atom stereocenters. The lowest BCUT2D eigenvalue weighted by molar-refractivity contribution is 0.0729. The van der Waals surface area contributed by atoms with E-state index in [1.54, 1.807) is 23.1 Å². The Morgan fingerprint density at radius 3 is 2.70 bits per heavy atom. The van der Waals surface area contributed by atoms with Crippen molar-refractivity contribution in [1.29, 1.82) is 0 Å². The first-order valence-corrected chi connectivity index (χ1v) is 9.04. The van der Waals surface area contributed by atoms with Gasteiger partial charge in [-0.2, -0.15) is 0 Å². The summed E-state index contributed by atoms with van der Waals surface area (Å²) in [6.45, 7) is 7.19. The molecule has 2 aromatic heterocycles. The summed E-state index contributed by atoms with van der Waals surface area (Å²) >= 11 is 0. The second-order valence-corrected chi connectivity index (χ2v) is 7.87. The smallest absolute Gasteiger partial charge is 0.255 e. The maximum absolute atomic E-state index is 14.2. The SMILES string of the molecule is CC(C)(C)n1ccc(C(=O)N2CCc3onc(-c4ccccc4F)c3C2)c1. The van der Waals surface area contributed by atoms with Crippen LogP contribution in [-0.2, 0) is 18.5 Å². The van der Waals surface area contributed by atoms with Crippen LogP contribution in [0.2, 0.25) is 0 Å². The predicted molar refractivity (Wildman–Crippen MR) is 99.8 cm³/mol. The van der Waals surface area contributed by atoms with Crippen LogP contribution in [0.15, 0.2) is 47.2 Å². The fraction of sp³-hybridized carbons (Fsp3) is 0.333. The highest BCUT2D eigenvalue weighted by Crippen LogP contribution is 2.32. The van der Waals surface area contributed by atoms with Gasteiger partial charge in [-0.05, 0) is 39.0 Å². The number of carbonyl (C=O) groups excluding carboxylic acids is 1. The highest BCUT2D eigenvalue weighted by atomic mass is 19.1. The van der Waals surface area contributed by atoms with Crippen LogP contribution in [0.3, 0.4) is 0 Å². The molecule has 6 heteroatoms. The molecule has 0 aliphatic carbocycles. The molecule has 1 aliphatic heterocycles. The van der Waals surface area contributed by atoms with Gasteiger partial charge in [0.2, 0.25) is 0 Å². The van der Waals surface area contributed by atoms with Gasteiger partial charge >= 0.3 is 0 Å². The molecule has 1 aromatic carbocycles. The molecule has 0 radical (unpaired) electrons. The third kappa shape index (κ3) is 3.16. The van der Waals surface area contributed by atoms with Crippen LogP contribution >= 0.6 is 0 Å². The molecule has 140 valence electrons. The number of halogens is 1. The third-order valence-electron chi connectivity index (χ3n) is 4.96. The summed E-state index contributed by atoms with van der Waals surface area (Å²) in [4.78, 5) is 14.7. The number of nitrogens with zero attached hydrogens (tertiary/aromatic N) is 3. The first-order chi connectivity index (χ1) is 12.8. The Hall–Kier alpha value is -2.89. The van der Waals surface area contributed by atoms with Crippen LogP contribution in [0.4, 0.5) is 4.39 Å². The van der Waals surface area contributed by atoms with E-state index in [0.29, 0.717) is 36.3 Å². The summed E-state index contributed by atoms with van der Waals surface area (Å²) in [7, 11) is 0. The Morgan fingerprint density at radius 1 is 1.22 bits per heavy atom. The fourth-order valence-corrected chi connectivity index (χ4v) is 3.37. The minimum absolute atomic E-state index is 0.0377. The fourth-order valence-electron chi connectivity index (χ4n) is 3.37. The lowest BCUT2D eigenvalue weighted by atomic mass is 10.0. The van der Waals surface area contributed by atoms with Crippen LogP contribution in [-0.4, -0.2) is 27.1 Å². The first-order valence-electron chi connectivity index (χ1n) is 9.04. The summed E-state index contributed by atoms with van der Waals surface area (Å²) < 4.78 is 21.6. The molecular weight excluding hydrogens is 345 g/mol. The average Bonchev–Trinajstić information content (AvgIpc) is 3.28. The summed E-state index contributed by atoms with van der Waals surface area (Å²) in [5, 5.41) is 4.07. The Bertz CT molecular complexity index is 997. The van der Waals surface area contributed by atoms with Crippen molar-refractivity contribution in [3.63, 3.8) is 0 Å². The Labute approximate surface area is 157 Å². The summed E-state index contributed by atoms with van der Waals surface area (Å²) in [6.07, 6.45) is 4.37. The minimum Gasteiger partial charge on any atom is -0.360 e. The summed E-state index contributed by atoms with van der Waals surface area (Å²) in [5.74, 6) is 0.341. The molecule has 0 unspecified atom stereocenters. The van der Waals surface area contributed by atoms with Gasteiger partial charge in [0, 0.05) is 42.0 Å². The van der Waals surface area contributed by atoms with Gasteiger partial charge in [-0.1, -0.05) is 17.3 Å². The van der Waals surface area contributed by atoms with Gasteiger partial charge in [-0.25, -0.2) is 4.39 Å². The number of amides is 1. The first kappa shape index (κ1) is 17.5. The molecule has 4 rings (SSSR count).